The number of aliphatic hydroxyl groups excluding tert-OH is 1. The van der Waals surface area contributed by atoms with Crippen molar-refractivity contribution in [2.45, 2.75) is 23.1 Å². The maximum atomic E-state index is 12.2. The summed E-state index contributed by atoms with van der Waals surface area (Å²) in [6, 6.07) is 7.45. The van der Waals surface area contributed by atoms with Crippen LogP contribution in [0.2, 0.25) is 0 Å². The van der Waals surface area contributed by atoms with E-state index in [2.05, 4.69) is 4.72 Å². The van der Waals surface area contributed by atoms with Gasteiger partial charge in [-0.2, -0.15) is 17.0 Å². The number of nitriles is 1. The SMILES string of the molecule is CSC(CO)C(C)NS(=O)(=O)c1ccccc1C#N. The van der Waals surface area contributed by atoms with Gasteiger partial charge in [0.15, 0.2) is 0 Å². The molecule has 0 heterocycles. The van der Waals surface area contributed by atoms with Gasteiger partial charge in [0.1, 0.15) is 6.07 Å². The van der Waals surface area contributed by atoms with E-state index >= 15 is 0 Å². The Morgan fingerprint density at radius 3 is 2.63 bits per heavy atom. The van der Waals surface area contributed by atoms with Crippen LogP contribution in [0.4, 0.5) is 0 Å². The first-order valence-corrected chi connectivity index (χ1v) is 8.38. The second kappa shape index (κ2) is 6.91. The highest BCUT2D eigenvalue weighted by atomic mass is 32.2. The number of benzene rings is 1. The Hall–Kier alpha value is -1.07. The molecule has 0 radical (unpaired) electrons. The van der Waals surface area contributed by atoms with Crippen LogP contribution in [-0.2, 0) is 10.0 Å². The Morgan fingerprint density at radius 2 is 2.11 bits per heavy atom. The third kappa shape index (κ3) is 3.94. The summed E-state index contributed by atoms with van der Waals surface area (Å²) >= 11 is 1.38. The second-order valence-corrected chi connectivity index (χ2v) is 6.73. The molecular formula is C12H16N2O3S2. The molecule has 0 fully saturated rings. The van der Waals surface area contributed by atoms with Gasteiger partial charge < -0.3 is 5.11 Å². The zero-order valence-corrected chi connectivity index (χ0v) is 12.3. The quantitative estimate of drug-likeness (QED) is 0.816. The van der Waals surface area contributed by atoms with Gasteiger partial charge in [0.05, 0.1) is 17.1 Å². The van der Waals surface area contributed by atoms with Crippen LogP contribution in [0.15, 0.2) is 29.2 Å². The first-order valence-electron chi connectivity index (χ1n) is 5.61. The molecule has 0 saturated carbocycles. The number of nitrogens with zero attached hydrogens (tertiary/aromatic N) is 1. The molecular weight excluding hydrogens is 284 g/mol. The third-order valence-corrected chi connectivity index (χ3v) is 5.46. The second-order valence-electron chi connectivity index (χ2n) is 3.97. The third-order valence-electron chi connectivity index (χ3n) is 2.68. The topological polar surface area (TPSA) is 90.2 Å². The molecule has 1 rings (SSSR count). The number of hydrogen-bond donors (Lipinski definition) is 2. The molecule has 19 heavy (non-hydrogen) atoms. The van der Waals surface area contributed by atoms with Gasteiger partial charge >= 0.3 is 0 Å². The molecule has 0 spiro atoms. The summed E-state index contributed by atoms with van der Waals surface area (Å²) < 4.78 is 26.9. The number of sulfonamides is 1. The van der Waals surface area contributed by atoms with E-state index in [4.69, 9.17) is 10.4 Å². The average Bonchev–Trinajstić information content (AvgIpc) is 2.39. The predicted molar refractivity (Wildman–Crippen MR) is 75.3 cm³/mol. The van der Waals surface area contributed by atoms with Gasteiger partial charge in [-0.3, -0.25) is 0 Å². The summed E-state index contributed by atoms with van der Waals surface area (Å²) in [6.07, 6.45) is 1.80. The van der Waals surface area contributed by atoms with Crippen molar-refractivity contribution in [1.29, 1.82) is 5.26 Å². The fourth-order valence-corrected chi connectivity index (χ4v) is 3.77. The molecule has 104 valence electrons. The van der Waals surface area contributed by atoms with Crippen LogP contribution < -0.4 is 4.72 Å². The van der Waals surface area contributed by atoms with Crippen molar-refractivity contribution in [1.82, 2.24) is 4.72 Å². The fraction of sp³-hybridized carbons (Fsp3) is 0.417. The van der Waals surface area contributed by atoms with Crippen LogP contribution in [0.5, 0.6) is 0 Å². The maximum absolute atomic E-state index is 12.2. The molecule has 0 aliphatic carbocycles. The van der Waals surface area contributed by atoms with E-state index < -0.39 is 16.1 Å². The summed E-state index contributed by atoms with van der Waals surface area (Å²) in [5, 5.41) is 17.9. The zero-order valence-electron chi connectivity index (χ0n) is 10.7. The Balaban J connectivity index is 3.03. The van der Waals surface area contributed by atoms with Gasteiger partial charge in [0, 0.05) is 11.3 Å². The van der Waals surface area contributed by atoms with E-state index in [0.717, 1.165) is 0 Å². The first-order chi connectivity index (χ1) is 8.96. The standard InChI is InChI=1S/C12H16N2O3S2/c1-9(11(8-15)18-2)14-19(16,17)12-6-4-3-5-10(12)7-13/h3-6,9,11,14-15H,8H2,1-2H3. The molecule has 2 atom stereocenters. The van der Waals surface area contributed by atoms with Crippen LogP contribution in [0.3, 0.4) is 0 Å². The van der Waals surface area contributed by atoms with Gasteiger partial charge in [-0.15, -0.1) is 0 Å². The molecule has 2 N–H and O–H groups in total. The first kappa shape index (κ1) is 16.0. The fourth-order valence-electron chi connectivity index (χ4n) is 1.61. The van der Waals surface area contributed by atoms with Crippen molar-refractivity contribution in [2.24, 2.45) is 0 Å². The molecule has 0 amide bonds. The van der Waals surface area contributed by atoms with Crippen LogP contribution in [0.1, 0.15) is 12.5 Å². The minimum Gasteiger partial charge on any atom is -0.395 e. The lowest BCUT2D eigenvalue weighted by atomic mass is 10.2. The average molecular weight is 300 g/mol. The Kier molecular flexibility index (Phi) is 5.82. The normalized spacial score (nSPS) is 14.6. The van der Waals surface area contributed by atoms with E-state index in [0.29, 0.717) is 0 Å². The molecule has 1 aromatic carbocycles. The van der Waals surface area contributed by atoms with E-state index in [-0.39, 0.29) is 22.3 Å². The highest BCUT2D eigenvalue weighted by molar-refractivity contribution is 7.99. The summed E-state index contributed by atoms with van der Waals surface area (Å²) in [5.74, 6) is 0. The number of rotatable bonds is 6. The Labute approximate surface area is 117 Å². The van der Waals surface area contributed by atoms with Crippen molar-refractivity contribution in [3.05, 3.63) is 29.8 Å². The highest BCUT2D eigenvalue weighted by Crippen LogP contribution is 2.17. The van der Waals surface area contributed by atoms with Crippen LogP contribution >= 0.6 is 11.8 Å². The molecule has 0 aromatic heterocycles. The Morgan fingerprint density at radius 1 is 1.47 bits per heavy atom. The molecule has 0 aliphatic heterocycles. The monoisotopic (exact) mass is 300 g/mol. The molecule has 0 aliphatic rings. The summed E-state index contributed by atoms with van der Waals surface area (Å²) in [7, 11) is -3.76. The minimum atomic E-state index is -3.76. The summed E-state index contributed by atoms with van der Waals surface area (Å²) in [4.78, 5) is -0.0397. The molecule has 7 heteroatoms. The minimum absolute atomic E-state index is 0.0397. The number of thioether (sulfide) groups is 1. The van der Waals surface area contributed by atoms with Gasteiger partial charge in [-0.25, -0.2) is 13.1 Å². The van der Waals surface area contributed by atoms with Crippen LogP contribution in [0.25, 0.3) is 0 Å². The predicted octanol–water partition coefficient (Wildman–Crippen LogP) is 0.949. The molecule has 2 unspecified atom stereocenters. The largest absolute Gasteiger partial charge is 0.395 e. The number of nitrogens with one attached hydrogen (secondary N) is 1. The summed E-state index contributed by atoms with van der Waals surface area (Å²) in [6.45, 7) is 1.56. The van der Waals surface area contributed by atoms with Crippen molar-refractivity contribution < 1.29 is 13.5 Å². The lowest BCUT2D eigenvalue weighted by Gasteiger charge is -2.21. The van der Waals surface area contributed by atoms with Crippen molar-refractivity contribution in [3.63, 3.8) is 0 Å². The molecule has 0 saturated heterocycles. The smallest absolute Gasteiger partial charge is 0.242 e. The van der Waals surface area contributed by atoms with Gasteiger partial charge in [-0.05, 0) is 25.3 Å². The lowest BCUT2D eigenvalue weighted by Crippen LogP contribution is -2.41. The highest BCUT2D eigenvalue weighted by Gasteiger charge is 2.24. The van der Waals surface area contributed by atoms with Crippen molar-refractivity contribution in [3.8, 4) is 6.07 Å². The lowest BCUT2D eigenvalue weighted by molar-refractivity contribution is 0.282. The van der Waals surface area contributed by atoms with Crippen LogP contribution in [-0.4, -0.2) is 37.7 Å². The van der Waals surface area contributed by atoms with E-state index in [1.54, 1.807) is 25.3 Å². The van der Waals surface area contributed by atoms with Gasteiger partial charge in [0.2, 0.25) is 10.0 Å². The van der Waals surface area contributed by atoms with E-state index in [1.807, 2.05) is 6.07 Å². The zero-order chi connectivity index (χ0) is 14.5. The van der Waals surface area contributed by atoms with Crippen molar-refractivity contribution in [2.75, 3.05) is 12.9 Å². The molecule has 5 nitrogen and oxygen atoms in total. The van der Waals surface area contributed by atoms with Crippen LogP contribution in [0, 0.1) is 11.3 Å². The maximum Gasteiger partial charge on any atom is 0.242 e. The van der Waals surface area contributed by atoms with Gasteiger partial charge in [0.25, 0.3) is 0 Å². The number of hydrogen-bond acceptors (Lipinski definition) is 5. The van der Waals surface area contributed by atoms with E-state index in [1.165, 1.54) is 23.9 Å². The summed E-state index contributed by atoms with van der Waals surface area (Å²) in [5.41, 5.74) is 0.104. The molecule has 0 bridgehead atoms. The number of aliphatic hydroxyl groups is 1. The van der Waals surface area contributed by atoms with E-state index in [9.17, 15) is 8.42 Å². The Bertz CT molecular complexity index is 563. The van der Waals surface area contributed by atoms with Gasteiger partial charge in [-0.1, -0.05) is 12.1 Å². The van der Waals surface area contributed by atoms with Crippen molar-refractivity contribution >= 4 is 21.8 Å². The molecule has 1 aromatic rings.